The summed E-state index contributed by atoms with van der Waals surface area (Å²) in [5.74, 6) is -0.774. The van der Waals surface area contributed by atoms with Crippen molar-refractivity contribution in [3.63, 3.8) is 0 Å². The molecule has 0 saturated carbocycles. The van der Waals surface area contributed by atoms with Gasteiger partial charge in [0.1, 0.15) is 0 Å². The van der Waals surface area contributed by atoms with E-state index in [4.69, 9.17) is 5.11 Å². The van der Waals surface area contributed by atoms with Crippen LogP contribution in [0.2, 0.25) is 0 Å². The van der Waals surface area contributed by atoms with Crippen LogP contribution in [0.5, 0.6) is 0 Å². The fraction of sp³-hybridized carbons (Fsp3) is 0.625. The van der Waals surface area contributed by atoms with Gasteiger partial charge in [-0.1, -0.05) is 26.3 Å². The molecule has 0 saturated heterocycles. The summed E-state index contributed by atoms with van der Waals surface area (Å²) < 4.78 is 0. The van der Waals surface area contributed by atoms with Crippen LogP contribution in [0.3, 0.4) is 0 Å². The first-order valence-corrected chi connectivity index (χ1v) is 3.64. The molecule has 0 aromatic carbocycles. The van der Waals surface area contributed by atoms with Gasteiger partial charge in [-0.05, 0) is 12.8 Å². The second-order valence-corrected chi connectivity index (χ2v) is 2.19. The summed E-state index contributed by atoms with van der Waals surface area (Å²) in [7, 11) is 0. The Morgan fingerprint density at radius 2 is 2.00 bits per heavy atom. The summed E-state index contributed by atoms with van der Waals surface area (Å²) in [6, 6.07) is 0. The molecule has 0 atom stereocenters. The topological polar surface area (TPSA) is 37.3 Å². The molecule has 0 rings (SSSR count). The molecule has 0 spiro atoms. The summed E-state index contributed by atoms with van der Waals surface area (Å²) in [5, 5.41) is 8.57. The summed E-state index contributed by atoms with van der Waals surface area (Å²) in [4.78, 5) is 10.4. The van der Waals surface area contributed by atoms with E-state index >= 15 is 0 Å². The first kappa shape index (κ1) is 14.0. The molecule has 2 nitrogen and oxygen atoms in total. The maximum atomic E-state index is 10.4. The van der Waals surface area contributed by atoms with Crippen molar-refractivity contribution in [2.45, 2.75) is 33.1 Å². The van der Waals surface area contributed by atoms with Crippen molar-refractivity contribution >= 4 is 43.7 Å². The summed E-state index contributed by atoms with van der Waals surface area (Å²) in [5.41, 5.74) is 0.546. The van der Waals surface area contributed by atoms with E-state index in [2.05, 4.69) is 0 Å². The van der Waals surface area contributed by atoms with Crippen molar-refractivity contribution in [1.29, 1.82) is 0 Å². The molecular weight excluding hydrogens is 168 g/mol. The van der Waals surface area contributed by atoms with Crippen molar-refractivity contribution in [3.8, 4) is 0 Å². The zero-order valence-electron chi connectivity index (χ0n) is 6.55. The van der Waals surface area contributed by atoms with E-state index in [0.717, 1.165) is 12.8 Å². The van der Waals surface area contributed by atoms with Crippen LogP contribution < -0.4 is 0 Å². The van der Waals surface area contributed by atoms with Crippen LogP contribution in [0, 0.1) is 0 Å². The SMILES string of the molecule is CCC=C(CCC)C(=O)O.[CaH2]. The number of aliphatic carboxylic acids is 1. The monoisotopic (exact) mass is 184 g/mol. The van der Waals surface area contributed by atoms with E-state index in [0.29, 0.717) is 12.0 Å². The Bertz CT molecular complexity index is 141. The molecule has 62 valence electrons. The van der Waals surface area contributed by atoms with Gasteiger partial charge in [0.25, 0.3) is 0 Å². The first-order chi connectivity index (χ1) is 4.72. The van der Waals surface area contributed by atoms with Gasteiger partial charge in [0.2, 0.25) is 0 Å². The molecule has 0 heterocycles. The summed E-state index contributed by atoms with van der Waals surface area (Å²) >= 11 is 0. The molecule has 1 N–H and O–H groups in total. The van der Waals surface area contributed by atoms with Crippen molar-refractivity contribution in [2.24, 2.45) is 0 Å². The zero-order valence-corrected chi connectivity index (χ0v) is 6.55. The van der Waals surface area contributed by atoms with Crippen molar-refractivity contribution in [2.75, 3.05) is 0 Å². The number of hydrogen-bond acceptors (Lipinski definition) is 1. The van der Waals surface area contributed by atoms with Gasteiger partial charge in [0.15, 0.2) is 0 Å². The average molecular weight is 184 g/mol. The van der Waals surface area contributed by atoms with Crippen molar-refractivity contribution in [3.05, 3.63) is 11.6 Å². The van der Waals surface area contributed by atoms with Crippen LogP contribution >= 0.6 is 0 Å². The van der Waals surface area contributed by atoms with Crippen molar-refractivity contribution < 1.29 is 9.90 Å². The van der Waals surface area contributed by atoms with Crippen LogP contribution in [-0.4, -0.2) is 48.8 Å². The maximum absolute atomic E-state index is 10.4. The molecule has 0 aliphatic carbocycles. The van der Waals surface area contributed by atoms with E-state index in [1.54, 1.807) is 6.08 Å². The number of carbonyl (C=O) groups is 1. The van der Waals surface area contributed by atoms with Gasteiger partial charge in [-0.25, -0.2) is 4.79 Å². The Morgan fingerprint density at radius 1 is 1.45 bits per heavy atom. The van der Waals surface area contributed by atoms with Gasteiger partial charge in [0.05, 0.1) is 0 Å². The van der Waals surface area contributed by atoms with E-state index < -0.39 is 5.97 Å². The Morgan fingerprint density at radius 3 is 2.27 bits per heavy atom. The predicted octanol–water partition coefficient (Wildman–Crippen LogP) is 1.29. The minimum atomic E-state index is -0.774. The molecule has 0 aliphatic rings. The quantitative estimate of drug-likeness (QED) is 0.528. The first-order valence-electron chi connectivity index (χ1n) is 3.64. The van der Waals surface area contributed by atoms with Crippen LogP contribution in [0.25, 0.3) is 0 Å². The van der Waals surface area contributed by atoms with Gasteiger partial charge in [-0.2, -0.15) is 0 Å². The van der Waals surface area contributed by atoms with E-state index in [-0.39, 0.29) is 37.7 Å². The third-order valence-corrected chi connectivity index (χ3v) is 1.24. The summed E-state index contributed by atoms with van der Waals surface area (Å²) in [6.45, 7) is 3.92. The van der Waals surface area contributed by atoms with Crippen LogP contribution in [0.4, 0.5) is 0 Å². The Kier molecular flexibility index (Phi) is 10.9. The van der Waals surface area contributed by atoms with Crippen LogP contribution in [-0.2, 0) is 4.79 Å². The third kappa shape index (κ3) is 6.85. The average Bonchev–Trinajstić information content (AvgIpc) is 1.87. The number of carboxylic acid groups (broad SMARTS) is 1. The molecule has 0 bridgehead atoms. The molecule has 11 heavy (non-hydrogen) atoms. The molecule has 0 radical (unpaired) electrons. The molecule has 0 unspecified atom stereocenters. The van der Waals surface area contributed by atoms with Gasteiger partial charge in [-0.15, -0.1) is 0 Å². The van der Waals surface area contributed by atoms with Crippen LogP contribution in [0.15, 0.2) is 11.6 Å². The van der Waals surface area contributed by atoms with Crippen molar-refractivity contribution in [1.82, 2.24) is 0 Å². The molecule has 0 aromatic heterocycles. The Hall–Kier alpha value is 0.470. The Balaban J connectivity index is 0. The zero-order chi connectivity index (χ0) is 7.98. The third-order valence-electron chi connectivity index (χ3n) is 1.24. The van der Waals surface area contributed by atoms with E-state index in [1.807, 2.05) is 13.8 Å². The standard InChI is InChI=1S/C8H14O2.Ca.2H/c1-3-5-7(6-4-2)8(9)10;;;/h5H,3-4,6H2,1-2H3,(H,9,10);;;. The molecule has 0 aliphatic heterocycles. The number of rotatable bonds is 4. The fourth-order valence-corrected chi connectivity index (χ4v) is 0.812. The van der Waals surface area contributed by atoms with Gasteiger partial charge < -0.3 is 5.11 Å². The minimum absolute atomic E-state index is 0. The fourth-order valence-electron chi connectivity index (χ4n) is 0.812. The second kappa shape index (κ2) is 8.57. The van der Waals surface area contributed by atoms with E-state index in [1.165, 1.54) is 0 Å². The molecule has 0 fully saturated rings. The number of hydrogen-bond donors (Lipinski definition) is 1. The molecule has 3 heteroatoms. The van der Waals surface area contributed by atoms with Gasteiger partial charge in [0, 0.05) is 5.57 Å². The van der Waals surface area contributed by atoms with E-state index in [9.17, 15) is 4.79 Å². The normalized spacial score (nSPS) is 10.5. The van der Waals surface area contributed by atoms with Gasteiger partial charge >= 0.3 is 43.7 Å². The number of allylic oxidation sites excluding steroid dienone is 1. The predicted molar refractivity (Wildman–Crippen MR) is 49.5 cm³/mol. The Labute approximate surface area is 97.7 Å². The summed E-state index contributed by atoms with van der Waals surface area (Å²) in [6.07, 6.45) is 4.16. The second-order valence-electron chi connectivity index (χ2n) is 2.19. The van der Waals surface area contributed by atoms with Gasteiger partial charge in [-0.3, -0.25) is 0 Å². The number of carboxylic acids is 1. The molecule has 0 aromatic rings. The molecular formula is C8H16CaO2. The molecule has 0 amide bonds. The van der Waals surface area contributed by atoms with Crippen LogP contribution in [0.1, 0.15) is 33.1 Å².